The Morgan fingerprint density at radius 3 is 2.23 bits per heavy atom. The van der Waals surface area contributed by atoms with Crippen molar-refractivity contribution in [2.24, 2.45) is 0 Å². The van der Waals surface area contributed by atoms with Crippen LogP contribution in [0.15, 0.2) is 35.5 Å². The normalized spacial score (nSPS) is 23.0. The zero-order chi connectivity index (χ0) is 22.3. The van der Waals surface area contributed by atoms with Gasteiger partial charge >= 0.3 is 11.9 Å². The van der Waals surface area contributed by atoms with Gasteiger partial charge in [0.25, 0.3) is 0 Å². The number of carbonyl (C=O) groups is 2. The molecule has 2 fully saturated rings. The zero-order valence-corrected chi connectivity index (χ0v) is 18.5. The molecular weight excluding hydrogens is 404 g/mol. The average molecular weight is 439 g/mol. The molecule has 0 N–H and O–H groups in total. The van der Waals surface area contributed by atoms with Gasteiger partial charge < -0.3 is 28.4 Å². The first kappa shape index (κ1) is 25.3. The van der Waals surface area contributed by atoms with Crippen molar-refractivity contribution in [1.82, 2.24) is 0 Å². The van der Waals surface area contributed by atoms with Gasteiger partial charge in [0.2, 0.25) is 0 Å². The molecule has 0 bridgehead atoms. The molecule has 8 heteroatoms. The molecule has 0 aromatic heterocycles. The van der Waals surface area contributed by atoms with Crippen molar-refractivity contribution < 1.29 is 38.0 Å². The topological polar surface area (TPSA) is 89.5 Å². The van der Waals surface area contributed by atoms with Gasteiger partial charge in [-0.15, -0.1) is 0 Å². The highest BCUT2D eigenvalue weighted by Gasteiger charge is 2.16. The van der Waals surface area contributed by atoms with Crippen LogP contribution in [0.25, 0.3) is 0 Å². The first-order chi connectivity index (χ1) is 15.1. The molecule has 0 saturated carbocycles. The van der Waals surface area contributed by atoms with Gasteiger partial charge in [0.05, 0.1) is 32.5 Å². The van der Waals surface area contributed by atoms with E-state index >= 15 is 0 Å². The van der Waals surface area contributed by atoms with Crippen LogP contribution in [-0.4, -0.2) is 64.7 Å². The summed E-state index contributed by atoms with van der Waals surface area (Å²) in [6.45, 7) is 3.88. The fourth-order valence-corrected chi connectivity index (χ4v) is 3.14. The molecule has 2 aliphatic heterocycles. The molecule has 0 aromatic carbocycles. The molecule has 2 saturated heterocycles. The lowest BCUT2D eigenvalue weighted by Crippen LogP contribution is -2.23. The number of rotatable bonds is 11. The lowest BCUT2D eigenvalue weighted by molar-refractivity contribution is -0.158. The van der Waals surface area contributed by atoms with Crippen molar-refractivity contribution in [3.8, 4) is 0 Å². The summed E-state index contributed by atoms with van der Waals surface area (Å²) in [5.41, 5.74) is 0.905. The minimum atomic E-state index is -0.572. The Kier molecular flexibility index (Phi) is 12.2. The van der Waals surface area contributed by atoms with Crippen molar-refractivity contribution in [1.29, 1.82) is 0 Å². The summed E-state index contributed by atoms with van der Waals surface area (Å²) in [5, 5.41) is 0. The van der Waals surface area contributed by atoms with Crippen LogP contribution in [0.5, 0.6) is 0 Å². The second-order valence-corrected chi connectivity index (χ2v) is 7.19. The first-order valence-electron chi connectivity index (χ1n) is 10.9. The van der Waals surface area contributed by atoms with Crippen LogP contribution in [0.2, 0.25) is 0 Å². The Hall–Kier alpha value is -2.00. The van der Waals surface area contributed by atoms with Crippen molar-refractivity contribution in [2.75, 3.05) is 40.1 Å². The first-order valence-corrected chi connectivity index (χ1v) is 10.9. The summed E-state index contributed by atoms with van der Waals surface area (Å²) >= 11 is 0. The molecule has 2 aliphatic rings. The number of ether oxygens (including phenoxy) is 6. The lowest BCUT2D eigenvalue weighted by Gasteiger charge is -2.23. The van der Waals surface area contributed by atoms with Gasteiger partial charge in [-0.05, 0) is 63.2 Å². The Bertz CT molecular complexity index is 640. The van der Waals surface area contributed by atoms with Gasteiger partial charge in [0.1, 0.15) is 0 Å². The second-order valence-electron chi connectivity index (χ2n) is 7.19. The quantitative estimate of drug-likeness (QED) is 0.276. The largest absolute Gasteiger partial charge is 0.465 e. The minimum Gasteiger partial charge on any atom is -0.465 e. The third kappa shape index (κ3) is 10.2. The van der Waals surface area contributed by atoms with E-state index in [0.29, 0.717) is 25.4 Å². The summed E-state index contributed by atoms with van der Waals surface area (Å²) in [6, 6.07) is 0. The van der Waals surface area contributed by atoms with Crippen molar-refractivity contribution in [3.63, 3.8) is 0 Å². The van der Waals surface area contributed by atoms with Gasteiger partial charge in [0.15, 0.2) is 12.6 Å². The van der Waals surface area contributed by atoms with Crippen molar-refractivity contribution in [3.05, 3.63) is 35.5 Å². The van der Waals surface area contributed by atoms with Crippen molar-refractivity contribution >= 4 is 11.9 Å². The van der Waals surface area contributed by atoms with Crippen LogP contribution >= 0.6 is 0 Å². The highest BCUT2D eigenvalue weighted by Crippen LogP contribution is 2.17. The highest BCUT2D eigenvalue weighted by molar-refractivity contribution is 5.94. The van der Waals surface area contributed by atoms with Crippen LogP contribution in [0.3, 0.4) is 0 Å². The smallest absolute Gasteiger partial charge is 0.337 e. The number of hydrogen-bond acceptors (Lipinski definition) is 8. The molecule has 0 spiro atoms. The van der Waals surface area contributed by atoms with E-state index < -0.39 is 11.9 Å². The van der Waals surface area contributed by atoms with Gasteiger partial charge in [-0.2, -0.15) is 0 Å². The zero-order valence-electron chi connectivity index (χ0n) is 18.5. The molecular formula is C23H34O8. The average Bonchev–Trinajstić information content (AvgIpc) is 2.80. The molecule has 0 amide bonds. The predicted molar refractivity (Wildman–Crippen MR) is 113 cm³/mol. The Labute approximate surface area is 184 Å². The molecule has 2 heterocycles. The van der Waals surface area contributed by atoms with E-state index in [-0.39, 0.29) is 31.4 Å². The van der Waals surface area contributed by atoms with E-state index in [1.165, 1.54) is 19.3 Å². The summed E-state index contributed by atoms with van der Waals surface area (Å²) in [7, 11) is 1.29. The van der Waals surface area contributed by atoms with E-state index in [1.54, 1.807) is 13.0 Å². The Morgan fingerprint density at radius 2 is 1.65 bits per heavy atom. The highest BCUT2D eigenvalue weighted by atomic mass is 16.7. The molecule has 2 rings (SSSR count). The molecule has 174 valence electrons. The maximum absolute atomic E-state index is 12.2. The van der Waals surface area contributed by atoms with Crippen LogP contribution in [0.4, 0.5) is 0 Å². The van der Waals surface area contributed by atoms with Crippen LogP contribution in [-0.2, 0) is 38.0 Å². The molecule has 2 unspecified atom stereocenters. The summed E-state index contributed by atoms with van der Waals surface area (Å²) in [4.78, 5) is 23.9. The van der Waals surface area contributed by atoms with E-state index in [2.05, 4.69) is 0 Å². The van der Waals surface area contributed by atoms with Gasteiger partial charge in [0, 0.05) is 19.3 Å². The molecule has 31 heavy (non-hydrogen) atoms. The molecule has 8 nitrogen and oxygen atoms in total. The SMILES string of the molecule is CCOC(=O)\C=C/C(=C/C(=C/COC1CCCCO1)COC1CCCCO1)C(=O)OC. The van der Waals surface area contributed by atoms with E-state index in [4.69, 9.17) is 28.4 Å². The van der Waals surface area contributed by atoms with Gasteiger partial charge in [-0.25, -0.2) is 9.59 Å². The maximum atomic E-state index is 12.2. The Balaban J connectivity index is 2.09. The van der Waals surface area contributed by atoms with Crippen LogP contribution in [0, 0.1) is 0 Å². The van der Waals surface area contributed by atoms with Crippen LogP contribution in [0.1, 0.15) is 45.4 Å². The summed E-state index contributed by atoms with van der Waals surface area (Å²) < 4.78 is 32.6. The number of carbonyl (C=O) groups excluding carboxylic acids is 2. The maximum Gasteiger partial charge on any atom is 0.337 e. The molecule has 0 radical (unpaired) electrons. The molecule has 0 aromatic rings. The third-order valence-electron chi connectivity index (χ3n) is 4.79. The van der Waals surface area contributed by atoms with Crippen LogP contribution < -0.4 is 0 Å². The van der Waals surface area contributed by atoms with E-state index in [0.717, 1.165) is 38.5 Å². The predicted octanol–water partition coefficient (Wildman–Crippen LogP) is 3.22. The fraction of sp³-hybridized carbons (Fsp3) is 0.652. The number of esters is 2. The lowest BCUT2D eigenvalue weighted by atomic mass is 10.1. The van der Waals surface area contributed by atoms with Crippen molar-refractivity contribution in [2.45, 2.75) is 58.0 Å². The Morgan fingerprint density at radius 1 is 0.968 bits per heavy atom. The van der Waals surface area contributed by atoms with Gasteiger partial charge in [-0.1, -0.05) is 6.08 Å². The number of hydrogen-bond donors (Lipinski definition) is 0. The molecule has 0 aliphatic carbocycles. The summed E-state index contributed by atoms with van der Waals surface area (Å²) in [5.74, 6) is -1.11. The monoisotopic (exact) mass is 438 g/mol. The summed E-state index contributed by atoms with van der Waals surface area (Å²) in [6.07, 6.45) is 11.4. The standard InChI is InChI=1S/C23H34O8/c1-3-27-20(24)11-10-19(23(25)26-2)16-18(17-31-22-9-5-7-14-29-22)12-15-30-21-8-4-6-13-28-21/h10-12,16,21-22H,3-9,13-15,17H2,1-2H3/b11-10-,18-12-,19-16-. The van der Waals surface area contributed by atoms with E-state index in [1.807, 2.05) is 6.08 Å². The molecule has 2 atom stereocenters. The van der Waals surface area contributed by atoms with Gasteiger partial charge in [-0.3, -0.25) is 0 Å². The third-order valence-corrected chi connectivity index (χ3v) is 4.79. The second kappa shape index (κ2) is 14.9. The number of methoxy groups -OCH3 is 1. The fourth-order valence-electron chi connectivity index (χ4n) is 3.14. The van der Waals surface area contributed by atoms with E-state index in [9.17, 15) is 9.59 Å². The minimum absolute atomic E-state index is 0.198.